The Balaban J connectivity index is 1.61. The second kappa shape index (κ2) is 8.52. The van der Waals surface area contributed by atoms with Crippen LogP contribution in [0.5, 0.6) is 0 Å². The molecule has 1 N–H and O–H groups in total. The van der Waals surface area contributed by atoms with Crippen LogP contribution in [0.2, 0.25) is 5.02 Å². The van der Waals surface area contributed by atoms with Gasteiger partial charge in [-0.1, -0.05) is 48.0 Å². The Morgan fingerprint density at radius 2 is 1.94 bits per heavy atom. The number of nitrogens with zero attached hydrogens (tertiary/aromatic N) is 2. The molecule has 4 aromatic rings. The summed E-state index contributed by atoms with van der Waals surface area (Å²) in [7, 11) is 0. The summed E-state index contributed by atoms with van der Waals surface area (Å²) in [6.07, 6.45) is 4.10. The molecule has 1 aliphatic rings. The van der Waals surface area contributed by atoms with E-state index in [-0.39, 0.29) is 18.0 Å². The van der Waals surface area contributed by atoms with Crippen molar-refractivity contribution in [1.29, 1.82) is 0 Å². The summed E-state index contributed by atoms with van der Waals surface area (Å²) < 4.78 is 1.51. The highest BCUT2D eigenvalue weighted by atomic mass is 35.5. The van der Waals surface area contributed by atoms with Crippen LogP contribution in [0.1, 0.15) is 28.8 Å². The average Bonchev–Trinajstić information content (AvgIpc) is 3.17. The summed E-state index contributed by atoms with van der Waals surface area (Å²) in [5.41, 5.74) is 3.32. The Labute approximate surface area is 194 Å². The largest absolute Gasteiger partial charge is 0.324 e. The molecular formula is C25H22ClN3O2S. The monoisotopic (exact) mass is 463 g/mol. The van der Waals surface area contributed by atoms with Gasteiger partial charge in [-0.2, -0.15) is 0 Å². The van der Waals surface area contributed by atoms with Crippen molar-refractivity contribution < 1.29 is 4.79 Å². The minimum atomic E-state index is -0.292. The van der Waals surface area contributed by atoms with Gasteiger partial charge in [0.15, 0.2) is 0 Å². The van der Waals surface area contributed by atoms with Crippen molar-refractivity contribution in [3.63, 3.8) is 0 Å². The first-order valence-corrected chi connectivity index (χ1v) is 11.9. The fourth-order valence-corrected chi connectivity index (χ4v) is 5.68. The number of carbonyl (C=O) groups is 1. The number of nitrogens with one attached hydrogen (secondary N) is 1. The number of carbonyl (C=O) groups excluding carboxylic acids is 1. The van der Waals surface area contributed by atoms with Crippen molar-refractivity contribution in [2.24, 2.45) is 0 Å². The molecule has 0 bridgehead atoms. The second-order valence-corrected chi connectivity index (χ2v) is 9.61. The van der Waals surface area contributed by atoms with Crippen LogP contribution in [0.4, 0.5) is 5.69 Å². The molecule has 0 atom stereocenters. The number of aryl methyl sites for hydroxylation is 3. The lowest BCUT2D eigenvalue weighted by Crippen LogP contribution is -2.30. The molecule has 0 unspecified atom stereocenters. The SMILES string of the molecule is Cc1ccc(Cl)cc1NC(=O)Cn1c(-c2ccccc2)nc2sc3c(c2c1=O)CCCC3. The van der Waals surface area contributed by atoms with Gasteiger partial charge in [0.25, 0.3) is 5.56 Å². The van der Waals surface area contributed by atoms with E-state index in [4.69, 9.17) is 16.6 Å². The number of halogens is 1. The smallest absolute Gasteiger partial charge is 0.263 e. The first-order chi connectivity index (χ1) is 15.5. The van der Waals surface area contributed by atoms with Crippen LogP contribution in [0.25, 0.3) is 21.6 Å². The summed E-state index contributed by atoms with van der Waals surface area (Å²) in [6.45, 7) is 1.78. The molecule has 0 saturated heterocycles. The molecule has 0 saturated carbocycles. The van der Waals surface area contributed by atoms with E-state index in [1.54, 1.807) is 23.5 Å². The van der Waals surface area contributed by atoms with Crippen LogP contribution in [0, 0.1) is 6.92 Å². The van der Waals surface area contributed by atoms with Crippen molar-refractivity contribution in [2.45, 2.75) is 39.2 Å². The van der Waals surface area contributed by atoms with E-state index in [1.807, 2.05) is 43.3 Å². The summed E-state index contributed by atoms with van der Waals surface area (Å²) in [5.74, 6) is 0.222. The Morgan fingerprint density at radius 3 is 2.75 bits per heavy atom. The first-order valence-electron chi connectivity index (χ1n) is 10.7. The zero-order valence-electron chi connectivity index (χ0n) is 17.7. The molecule has 32 heavy (non-hydrogen) atoms. The van der Waals surface area contributed by atoms with E-state index < -0.39 is 0 Å². The number of amides is 1. The molecule has 5 rings (SSSR count). The maximum absolute atomic E-state index is 13.7. The molecule has 7 heteroatoms. The summed E-state index contributed by atoms with van der Waals surface area (Å²) >= 11 is 7.71. The molecule has 0 fully saturated rings. The third-order valence-corrected chi connectivity index (χ3v) is 7.30. The molecule has 0 spiro atoms. The highest BCUT2D eigenvalue weighted by Crippen LogP contribution is 2.34. The van der Waals surface area contributed by atoms with E-state index in [1.165, 1.54) is 9.44 Å². The van der Waals surface area contributed by atoms with Gasteiger partial charge in [0, 0.05) is 21.2 Å². The van der Waals surface area contributed by atoms with Gasteiger partial charge < -0.3 is 5.32 Å². The molecule has 2 heterocycles. The molecule has 0 radical (unpaired) electrons. The predicted octanol–water partition coefficient (Wildman–Crippen LogP) is 5.60. The number of fused-ring (bicyclic) bond motifs is 3. The normalized spacial score (nSPS) is 13.2. The quantitative estimate of drug-likeness (QED) is 0.428. The Bertz CT molecular complexity index is 1390. The number of hydrogen-bond acceptors (Lipinski definition) is 4. The van der Waals surface area contributed by atoms with Crippen molar-refractivity contribution in [3.05, 3.63) is 79.9 Å². The third kappa shape index (κ3) is 3.85. The number of rotatable bonds is 4. The highest BCUT2D eigenvalue weighted by molar-refractivity contribution is 7.18. The zero-order chi connectivity index (χ0) is 22.2. The molecule has 162 valence electrons. The van der Waals surface area contributed by atoms with Gasteiger partial charge in [-0.25, -0.2) is 4.98 Å². The Hall–Kier alpha value is -2.96. The molecule has 2 aromatic heterocycles. The third-order valence-electron chi connectivity index (χ3n) is 5.88. The maximum atomic E-state index is 13.7. The average molecular weight is 464 g/mol. The highest BCUT2D eigenvalue weighted by Gasteiger charge is 2.23. The van der Waals surface area contributed by atoms with Crippen LogP contribution >= 0.6 is 22.9 Å². The molecule has 1 amide bonds. The van der Waals surface area contributed by atoms with Crippen molar-refractivity contribution in [3.8, 4) is 11.4 Å². The van der Waals surface area contributed by atoms with Crippen molar-refractivity contribution >= 4 is 44.7 Å². The lowest BCUT2D eigenvalue weighted by atomic mass is 9.97. The Morgan fingerprint density at radius 1 is 1.16 bits per heavy atom. The number of thiophene rings is 1. The number of benzene rings is 2. The van der Waals surface area contributed by atoms with E-state index >= 15 is 0 Å². The van der Waals surface area contributed by atoms with E-state index in [2.05, 4.69) is 5.32 Å². The van der Waals surface area contributed by atoms with Gasteiger partial charge in [-0.05, 0) is 55.9 Å². The lowest BCUT2D eigenvalue weighted by molar-refractivity contribution is -0.116. The molecule has 0 aliphatic heterocycles. The summed E-state index contributed by atoms with van der Waals surface area (Å²) in [5, 5.41) is 4.12. The van der Waals surface area contributed by atoms with Crippen LogP contribution in [-0.2, 0) is 24.2 Å². The minimum Gasteiger partial charge on any atom is -0.324 e. The summed E-state index contributed by atoms with van der Waals surface area (Å²) in [6, 6.07) is 14.9. The topological polar surface area (TPSA) is 64.0 Å². The minimum absolute atomic E-state index is 0.122. The number of aromatic nitrogens is 2. The molecule has 2 aromatic carbocycles. The number of hydrogen-bond donors (Lipinski definition) is 1. The van der Waals surface area contributed by atoms with Gasteiger partial charge in [0.2, 0.25) is 5.91 Å². The molecule has 5 nitrogen and oxygen atoms in total. The van der Waals surface area contributed by atoms with Gasteiger partial charge in [-0.15, -0.1) is 11.3 Å². The number of anilines is 1. The van der Waals surface area contributed by atoms with Crippen LogP contribution in [-0.4, -0.2) is 15.5 Å². The summed E-state index contributed by atoms with van der Waals surface area (Å²) in [4.78, 5) is 33.6. The molecular weight excluding hydrogens is 442 g/mol. The van der Waals surface area contributed by atoms with Crippen molar-refractivity contribution in [1.82, 2.24) is 9.55 Å². The van der Waals surface area contributed by atoms with Crippen LogP contribution in [0.3, 0.4) is 0 Å². The van der Waals surface area contributed by atoms with Gasteiger partial charge in [0.1, 0.15) is 17.2 Å². The van der Waals surface area contributed by atoms with E-state index in [9.17, 15) is 9.59 Å². The van der Waals surface area contributed by atoms with Gasteiger partial charge in [-0.3, -0.25) is 14.2 Å². The standard InChI is InChI=1S/C25H22ClN3O2S/c1-15-11-12-17(26)13-19(15)27-21(30)14-29-23(16-7-3-2-4-8-16)28-24-22(25(29)31)18-9-5-6-10-20(18)32-24/h2-4,7-8,11-13H,5-6,9-10,14H2,1H3,(H,27,30). The lowest BCUT2D eigenvalue weighted by Gasteiger charge is -2.15. The fraction of sp³-hybridized carbons (Fsp3) is 0.240. The van der Waals surface area contributed by atoms with Gasteiger partial charge in [0.05, 0.1) is 5.39 Å². The predicted molar refractivity (Wildman–Crippen MR) is 131 cm³/mol. The van der Waals surface area contributed by atoms with Crippen LogP contribution in [0.15, 0.2) is 53.3 Å². The first kappa shape index (κ1) is 20.9. The Kier molecular flexibility index (Phi) is 5.57. The van der Waals surface area contributed by atoms with Crippen molar-refractivity contribution in [2.75, 3.05) is 5.32 Å². The molecule has 1 aliphatic carbocycles. The fourth-order valence-electron chi connectivity index (χ4n) is 4.25. The van der Waals surface area contributed by atoms with E-state index in [0.29, 0.717) is 21.9 Å². The van der Waals surface area contributed by atoms with E-state index in [0.717, 1.165) is 47.2 Å². The second-order valence-electron chi connectivity index (χ2n) is 8.09. The maximum Gasteiger partial charge on any atom is 0.263 e. The van der Waals surface area contributed by atoms with Gasteiger partial charge >= 0.3 is 0 Å². The zero-order valence-corrected chi connectivity index (χ0v) is 19.2. The van der Waals surface area contributed by atoms with Crippen LogP contribution < -0.4 is 10.9 Å².